The minimum Gasteiger partial charge on any atom is -0.493 e. The standard InChI is InChI=1S/C29H31N3O8S/c1-20-6-8-23(9-7-20)41(33,34)32(10-12-39-28-24(35-2)14-21(18-30)15-25(28)36-3)11-13-40-29-26(37-4)16-22(19-31)17-27(29)38-5/h6-9,14-17H,10-13H2,1-5H3. The molecule has 0 aliphatic heterocycles. The highest BCUT2D eigenvalue weighted by atomic mass is 32.2. The van der Waals surface area contributed by atoms with Crippen molar-refractivity contribution in [3.05, 3.63) is 65.2 Å². The van der Waals surface area contributed by atoms with Gasteiger partial charge in [-0.25, -0.2) is 8.42 Å². The summed E-state index contributed by atoms with van der Waals surface area (Å²) in [6, 6.07) is 16.6. The van der Waals surface area contributed by atoms with Gasteiger partial charge in [0.25, 0.3) is 0 Å². The molecule has 3 rings (SSSR count). The maximum absolute atomic E-state index is 13.6. The molecule has 41 heavy (non-hydrogen) atoms. The van der Waals surface area contributed by atoms with Gasteiger partial charge >= 0.3 is 0 Å². The Morgan fingerprint density at radius 2 is 1.05 bits per heavy atom. The quantitative estimate of drug-likeness (QED) is 0.275. The van der Waals surface area contributed by atoms with E-state index in [1.165, 1.54) is 57.0 Å². The van der Waals surface area contributed by atoms with Crippen molar-refractivity contribution in [2.24, 2.45) is 0 Å². The molecule has 0 spiro atoms. The van der Waals surface area contributed by atoms with Crippen LogP contribution in [0.5, 0.6) is 34.5 Å². The van der Waals surface area contributed by atoms with Crippen LogP contribution in [0, 0.1) is 29.6 Å². The van der Waals surface area contributed by atoms with Crippen molar-refractivity contribution in [2.75, 3.05) is 54.7 Å². The van der Waals surface area contributed by atoms with Crippen LogP contribution in [-0.4, -0.2) is 67.5 Å². The van der Waals surface area contributed by atoms with E-state index in [-0.39, 0.29) is 65.7 Å². The van der Waals surface area contributed by atoms with Crippen molar-refractivity contribution in [1.29, 1.82) is 10.5 Å². The van der Waals surface area contributed by atoms with E-state index in [4.69, 9.17) is 28.4 Å². The molecule has 0 radical (unpaired) electrons. The summed E-state index contributed by atoms with van der Waals surface area (Å²) in [4.78, 5) is 0.116. The first-order chi connectivity index (χ1) is 19.7. The Morgan fingerprint density at radius 1 is 0.683 bits per heavy atom. The molecule has 11 nitrogen and oxygen atoms in total. The molecule has 0 amide bonds. The van der Waals surface area contributed by atoms with Crippen molar-refractivity contribution in [3.63, 3.8) is 0 Å². The molecular weight excluding hydrogens is 550 g/mol. The van der Waals surface area contributed by atoms with Crippen LogP contribution in [0.4, 0.5) is 0 Å². The third kappa shape index (κ3) is 7.31. The molecule has 0 heterocycles. The minimum absolute atomic E-state index is 0.0481. The van der Waals surface area contributed by atoms with Crippen LogP contribution < -0.4 is 28.4 Å². The summed E-state index contributed by atoms with van der Waals surface area (Å²) in [5, 5.41) is 18.5. The fourth-order valence-electron chi connectivity index (χ4n) is 3.88. The molecule has 3 aromatic rings. The van der Waals surface area contributed by atoms with Gasteiger partial charge in [-0.15, -0.1) is 0 Å². The zero-order valence-electron chi connectivity index (χ0n) is 23.5. The monoisotopic (exact) mass is 581 g/mol. The Bertz CT molecular complexity index is 1410. The smallest absolute Gasteiger partial charge is 0.243 e. The molecule has 0 bridgehead atoms. The summed E-state index contributed by atoms with van der Waals surface area (Å²) < 4.78 is 61.8. The van der Waals surface area contributed by atoms with Crippen LogP contribution in [0.2, 0.25) is 0 Å². The number of nitrogens with zero attached hydrogens (tertiary/aromatic N) is 3. The molecule has 216 valence electrons. The number of aryl methyl sites for hydroxylation is 1. The number of rotatable bonds is 14. The zero-order chi connectivity index (χ0) is 30.0. The zero-order valence-corrected chi connectivity index (χ0v) is 24.3. The van der Waals surface area contributed by atoms with Gasteiger partial charge in [0.2, 0.25) is 21.5 Å². The van der Waals surface area contributed by atoms with E-state index in [2.05, 4.69) is 0 Å². The highest BCUT2D eigenvalue weighted by Gasteiger charge is 2.26. The SMILES string of the molecule is COc1cc(C#N)cc(OC)c1OCCN(CCOc1c(OC)cc(C#N)cc1OC)S(=O)(=O)c1ccc(C)cc1. The normalized spacial score (nSPS) is 10.8. The van der Waals surface area contributed by atoms with Crippen molar-refractivity contribution >= 4 is 10.0 Å². The van der Waals surface area contributed by atoms with Gasteiger partial charge in [-0.05, 0) is 19.1 Å². The van der Waals surface area contributed by atoms with E-state index < -0.39 is 10.0 Å². The Kier molecular flexibility index (Phi) is 10.6. The first-order valence-corrected chi connectivity index (χ1v) is 13.8. The van der Waals surface area contributed by atoms with Gasteiger partial charge in [0.15, 0.2) is 23.0 Å². The largest absolute Gasteiger partial charge is 0.493 e. The maximum atomic E-state index is 13.6. The molecule has 0 atom stereocenters. The fourth-order valence-corrected chi connectivity index (χ4v) is 5.29. The average Bonchev–Trinajstić information content (AvgIpc) is 2.99. The van der Waals surface area contributed by atoms with E-state index in [0.29, 0.717) is 11.1 Å². The second-order valence-corrected chi connectivity index (χ2v) is 10.5. The van der Waals surface area contributed by atoms with E-state index in [1.54, 1.807) is 24.3 Å². The predicted molar refractivity (Wildman–Crippen MR) is 149 cm³/mol. The molecule has 0 aromatic heterocycles. The van der Waals surface area contributed by atoms with Crippen LogP contribution in [0.3, 0.4) is 0 Å². The maximum Gasteiger partial charge on any atom is 0.243 e. The van der Waals surface area contributed by atoms with Crippen LogP contribution in [0.15, 0.2) is 53.4 Å². The summed E-state index contributed by atoms with van der Waals surface area (Å²) in [7, 11) is 1.77. The van der Waals surface area contributed by atoms with Gasteiger partial charge in [-0.2, -0.15) is 14.8 Å². The number of methoxy groups -OCH3 is 4. The molecule has 3 aromatic carbocycles. The van der Waals surface area contributed by atoms with Gasteiger partial charge in [0.05, 0.1) is 56.6 Å². The van der Waals surface area contributed by atoms with Crippen LogP contribution in [-0.2, 0) is 10.0 Å². The first kappa shape index (κ1) is 30.9. The third-order valence-corrected chi connectivity index (χ3v) is 7.93. The third-order valence-electron chi connectivity index (χ3n) is 6.01. The Balaban J connectivity index is 1.86. The van der Waals surface area contributed by atoms with Gasteiger partial charge in [0.1, 0.15) is 13.2 Å². The lowest BCUT2D eigenvalue weighted by Crippen LogP contribution is -2.37. The van der Waals surface area contributed by atoms with E-state index in [1.807, 2.05) is 19.1 Å². The summed E-state index contributed by atoms with van der Waals surface area (Å²) in [6.45, 7) is 1.65. The highest BCUT2D eigenvalue weighted by molar-refractivity contribution is 7.89. The molecule has 0 aliphatic rings. The number of hydrogen-bond donors (Lipinski definition) is 0. The average molecular weight is 582 g/mol. The summed E-state index contributed by atoms with van der Waals surface area (Å²) in [6.07, 6.45) is 0. The molecule has 0 fully saturated rings. The Hall–Kier alpha value is -4.65. The molecule has 0 N–H and O–H groups in total. The van der Waals surface area contributed by atoms with Crippen molar-refractivity contribution in [3.8, 4) is 46.6 Å². The Morgan fingerprint density at radius 3 is 1.37 bits per heavy atom. The second kappa shape index (κ2) is 14.1. The molecule has 0 saturated carbocycles. The number of hydrogen-bond acceptors (Lipinski definition) is 10. The summed E-state index contributed by atoms with van der Waals surface area (Å²) in [5.41, 5.74) is 1.56. The number of benzene rings is 3. The van der Waals surface area contributed by atoms with Crippen LogP contribution >= 0.6 is 0 Å². The number of sulfonamides is 1. The molecule has 0 saturated heterocycles. The Labute approximate surface area is 240 Å². The number of nitriles is 2. The lowest BCUT2D eigenvalue weighted by atomic mass is 10.2. The van der Waals surface area contributed by atoms with Gasteiger partial charge in [-0.1, -0.05) is 17.7 Å². The topological polar surface area (TPSA) is 140 Å². The molecular formula is C29H31N3O8S. The van der Waals surface area contributed by atoms with Crippen molar-refractivity contribution in [1.82, 2.24) is 4.31 Å². The van der Waals surface area contributed by atoms with Gasteiger partial charge in [-0.3, -0.25) is 0 Å². The lowest BCUT2D eigenvalue weighted by molar-refractivity contribution is 0.219. The first-order valence-electron chi connectivity index (χ1n) is 12.4. The van der Waals surface area contributed by atoms with E-state index in [0.717, 1.165) is 5.56 Å². The number of ether oxygens (including phenoxy) is 6. The minimum atomic E-state index is -3.95. The highest BCUT2D eigenvalue weighted by Crippen LogP contribution is 2.39. The fraction of sp³-hybridized carbons (Fsp3) is 0.310. The lowest BCUT2D eigenvalue weighted by Gasteiger charge is -2.24. The van der Waals surface area contributed by atoms with E-state index in [9.17, 15) is 18.9 Å². The van der Waals surface area contributed by atoms with Gasteiger partial charge < -0.3 is 28.4 Å². The van der Waals surface area contributed by atoms with Crippen molar-refractivity contribution in [2.45, 2.75) is 11.8 Å². The second-order valence-electron chi connectivity index (χ2n) is 8.56. The van der Waals surface area contributed by atoms with E-state index >= 15 is 0 Å². The van der Waals surface area contributed by atoms with Crippen molar-refractivity contribution < 1.29 is 36.8 Å². The van der Waals surface area contributed by atoms with Gasteiger partial charge in [0, 0.05) is 37.4 Å². The van der Waals surface area contributed by atoms with Crippen LogP contribution in [0.1, 0.15) is 16.7 Å². The summed E-state index contributed by atoms with van der Waals surface area (Å²) in [5.74, 6) is 1.58. The molecule has 12 heteroatoms. The molecule has 0 aliphatic carbocycles. The predicted octanol–water partition coefficient (Wildman–Crippen LogP) is 3.92. The van der Waals surface area contributed by atoms with Crippen LogP contribution in [0.25, 0.3) is 0 Å². The molecule has 0 unspecified atom stereocenters. The summed E-state index contributed by atoms with van der Waals surface area (Å²) >= 11 is 0.